The zero-order valence-corrected chi connectivity index (χ0v) is 8.99. The number of hydrogen-bond donors (Lipinski definition) is 1. The van der Waals surface area contributed by atoms with Crippen molar-refractivity contribution in [2.45, 2.75) is 32.4 Å². The third-order valence-corrected chi connectivity index (χ3v) is 3.36. The monoisotopic (exact) mass is 202 g/mol. The number of rotatable bonds is 0. The molecule has 0 fully saturated rings. The number of para-hydroxylation sites is 1. The molecule has 1 aromatic carbocycles. The van der Waals surface area contributed by atoms with Crippen LogP contribution in [0.15, 0.2) is 18.2 Å². The number of aromatic nitrogens is 2. The highest BCUT2D eigenvalue weighted by molar-refractivity contribution is 5.81. The maximum atomic E-state index is 10.3. The first-order valence-corrected chi connectivity index (χ1v) is 5.28. The normalized spacial score (nSPS) is 24.7. The van der Waals surface area contributed by atoms with Gasteiger partial charge in [0.1, 0.15) is 5.82 Å². The molecular formula is C12H14N2O. The van der Waals surface area contributed by atoms with E-state index < -0.39 is 5.60 Å². The lowest BCUT2D eigenvalue weighted by Crippen LogP contribution is -2.28. The van der Waals surface area contributed by atoms with Crippen molar-refractivity contribution in [3.05, 3.63) is 29.6 Å². The van der Waals surface area contributed by atoms with Crippen molar-refractivity contribution < 1.29 is 5.11 Å². The van der Waals surface area contributed by atoms with E-state index in [0.29, 0.717) is 0 Å². The molecule has 1 aliphatic heterocycles. The fourth-order valence-electron chi connectivity index (χ4n) is 2.47. The molecule has 0 saturated heterocycles. The first-order chi connectivity index (χ1) is 7.09. The molecule has 0 spiro atoms. The molecule has 0 saturated carbocycles. The van der Waals surface area contributed by atoms with Crippen LogP contribution in [0.25, 0.3) is 11.0 Å². The van der Waals surface area contributed by atoms with Crippen LogP contribution in [0.4, 0.5) is 0 Å². The van der Waals surface area contributed by atoms with Crippen LogP contribution < -0.4 is 0 Å². The number of aliphatic hydroxyl groups is 1. The van der Waals surface area contributed by atoms with Gasteiger partial charge in [-0.15, -0.1) is 0 Å². The Labute approximate surface area is 88.4 Å². The van der Waals surface area contributed by atoms with Crippen LogP contribution in [0.5, 0.6) is 0 Å². The van der Waals surface area contributed by atoms with Crippen LogP contribution in [-0.4, -0.2) is 14.7 Å². The van der Waals surface area contributed by atoms with Crippen molar-refractivity contribution in [1.29, 1.82) is 0 Å². The average molecular weight is 202 g/mol. The molecule has 0 amide bonds. The molecule has 78 valence electrons. The lowest BCUT2D eigenvalue weighted by molar-refractivity contribution is 0.0396. The van der Waals surface area contributed by atoms with Crippen LogP contribution in [0.1, 0.15) is 24.7 Å². The van der Waals surface area contributed by atoms with Crippen molar-refractivity contribution in [2.24, 2.45) is 0 Å². The smallest absolute Gasteiger partial charge is 0.106 e. The first-order valence-electron chi connectivity index (χ1n) is 5.28. The second-order valence-electron chi connectivity index (χ2n) is 4.51. The Hall–Kier alpha value is -1.35. The molecule has 0 aliphatic carbocycles. The van der Waals surface area contributed by atoms with Gasteiger partial charge in [-0.2, -0.15) is 0 Å². The summed E-state index contributed by atoms with van der Waals surface area (Å²) in [6.07, 6.45) is 0.760. The lowest BCUT2D eigenvalue weighted by Gasteiger charge is -2.30. The molecule has 3 rings (SSSR count). The van der Waals surface area contributed by atoms with E-state index in [1.54, 1.807) is 0 Å². The van der Waals surface area contributed by atoms with Crippen molar-refractivity contribution in [1.82, 2.24) is 9.55 Å². The molecule has 1 unspecified atom stereocenters. The summed E-state index contributed by atoms with van der Waals surface area (Å²) in [6.45, 7) is 4.75. The molecule has 15 heavy (non-hydrogen) atoms. The van der Waals surface area contributed by atoms with E-state index in [1.807, 2.05) is 32.0 Å². The number of nitrogens with zero attached hydrogens (tertiary/aromatic N) is 2. The summed E-state index contributed by atoms with van der Waals surface area (Å²) in [7, 11) is 0. The maximum absolute atomic E-state index is 10.3. The maximum Gasteiger partial charge on any atom is 0.106 e. The lowest BCUT2D eigenvalue weighted by atomic mass is 9.89. The summed E-state index contributed by atoms with van der Waals surface area (Å²) < 4.78 is 2.20. The summed E-state index contributed by atoms with van der Waals surface area (Å²) >= 11 is 0. The van der Waals surface area contributed by atoms with Gasteiger partial charge in [-0.05, 0) is 26.3 Å². The number of benzene rings is 1. The minimum absolute atomic E-state index is 0.706. The van der Waals surface area contributed by atoms with E-state index in [0.717, 1.165) is 35.4 Å². The molecule has 1 aromatic heterocycles. The van der Waals surface area contributed by atoms with E-state index in [1.165, 1.54) is 0 Å². The summed E-state index contributed by atoms with van der Waals surface area (Å²) in [5.41, 5.74) is 2.39. The summed E-state index contributed by atoms with van der Waals surface area (Å²) in [5, 5.41) is 10.3. The molecule has 1 atom stereocenters. The summed E-state index contributed by atoms with van der Waals surface area (Å²) in [5.74, 6) is 1.04. The van der Waals surface area contributed by atoms with Crippen LogP contribution in [-0.2, 0) is 12.1 Å². The van der Waals surface area contributed by atoms with Gasteiger partial charge in [0.25, 0.3) is 0 Å². The van der Waals surface area contributed by atoms with Crippen molar-refractivity contribution in [3.63, 3.8) is 0 Å². The Bertz CT molecular complexity index is 540. The van der Waals surface area contributed by atoms with Gasteiger partial charge in [-0.1, -0.05) is 12.1 Å². The first kappa shape index (κ1) is 8.92. The van der Waals surface area contributed by atoms with Crippen LogP contribution >= 0.6 is 0 Å². The highest BCUT2D eigenvalue weighted by Crippen LogP contribution is 2.36. The SMILES string of the molecule is Cc1nc2cccc3c2n1CCC3(C)O. The number of imidazole rings is 1. The fraction of sp³-hybridized carbons (Fsp3) is 0.417. The van der Waals surface area contributed by atoms with Crippen LogP contribution in [0.2, 0.25) is 0 Å². The van der Waals surface area contributed by atoms with Gasteiger partial charge in [-0.3, -0.25) is 0 Å². The average Bonchev–Trinajstić information content (AvgIpc) is 2.50. The molecule has 1 N–H and O–H groups in total. The van der Waals surface area contributed by atoms with E-state index in [4.69, 9.17) is 0 Å². The van der Waals surface area contributed by atoms with Gasteiger partial charge in [0.05, 0.1) is 16.6 Å². The molecule has 1 aliphatic rings. The zero-order valence-electron chi connectivity index (χ0n) is 8.99. The van der Waals surface area contributed by atoms with E-state index in [-0.39, 0.29) is 0 Å². The standard InChI is InChI=1S/C12H14N2O/c1-8-13-10-5-3-4-9-11(10)14(8)7-6-12(9,2)15/h3-5,15H,6-7H2,1-2H3. The third-order valence-electron chi connectivity index (χ3n) is 3.36. The molecular weight excluding hydrogens is 188 g/mol. The highest BCUT2D eigenvalue weighted by Gasteiger charge is 2.31. The zero-order chi connectivity index (χ0) is 10.6. The number of aryl methyl sites for hydroxylation is 2. The van der Waals surface area contributed by atoms with Crippen molar-refractivity contribution in [3.8, 4) is 0 Å². The van der Waals surface area contributed by atoms with E-state index >= 15 is 0 Å². The minimum atomic E-state index is -0.706. The quantitative estimate of drug-likeness (QED) is 0.709. The van der Waals surface area contributed by atoms with Gasteiger partial charge in [0.2, 0.25) is 0 Å². The molecule has 2 aromatic rings. The van der Waals surface area contributed by atoms with Crippen molar-refractivity contribution >= 4 is 11.0 Å². The molecule has 3 nitrogen and oxygen atoms in total. The van der Waals surface area contributed by atoms with Gasteiger partial charge in [-0.25, -0.2) is 4.98 Å². The van der Waals surface area contributed by atoms with E-state index in [9.17, 15) is 5.11 Å². The van der Waals surface area contributed by atoms with Crippen LogP contribution in [0.3, 0.4) is 0 Å². The van der Waals surface area contributed by atoms with Crippen LogP contribution in [0, 0.1) is 6.92 Å². The third kappa shape index (κ3) is 1.07. The Morgan fingerprint density at radius 3 is 3.07 bits per heavy atom. The predicted octanol–water partition coefficient (Wildman–Crippen LogP) is 1.96. The largest absolute Gasteiger partial charge is 0.385 e. The Balaban J connectivity index is 2.47. The van der Waals surface area contributed by atoms with Gasteiger partial charge >= 0.3 is 0 Å². The number of hydrogen-bond acceptors (Lipinski definition) is 2. The minimum Gasteiger partial charge on any atom is -0.385 e. The van der Waals surface area contributed by atoms with Gasteiger partial charge in [0, 0.05) is 12.1 Å². The second-order valence-corrected chi connectivity index (χ2v) is 4.51. The van der Waals surface area contributed by atoms with E-state index in [2.05, 4.69) is 9.55 Å². The molecule has 0 bridgehead atoms. The Kier molecular flexibility index (Phi) is 1.55. The van der Waals surface area contributed by atoms with Gasteiger partial charge < -0.3 is 9.67 Å². The molecule has 3 heteroatoms. The summed E-state index contributed by atoms with van der Waals surface area (Å²) in [6, 6.07) is 5.97. The topological polar surface area (TPSA) is 38.0 Å². The fourth-order valence-corrected chi connectivity index (χ4v) is 2.47. The summed E-state index contributed by atoms with van der Waals surface area (Å²) in [4.78, 5) is 4.50. The van der Waals surface area contributed by atoms with Gasteiger partial charge in [0.15, 0.2) is 0 Å². The Morgan fingerprint density at radius 1 is 1.47 bits per heavy atom. The Morgan fingerprint density at radius 2 is 2.27 bits per heavy atom. The highest BCUT2D eigenvalue weighted by atomic mass is 16.3. The molecule has 0 radical (unpaired) electrons. The predicted molar refractivity (Wildman–Crippen MR) is 58.7 cm³/mol. The second kappa shape index (κ2) is 2.61. The molecule has 2 heterocycles. The van der Waals surface area contributed by atoms with Crippen molar-refractivity contribution in [2.75, 3.05) is 0 Å².